The molecule has 84 valence electrons. The summed E-state index contributed by atoms with van der Waals surface area (Å²) in [6, 6.07) is 1.68. The van der Waals surface area contributed by atoms with E-state index in [9.17, 15) is 9.59 Å². The number of benzene rings is 1. The van der Waals surface area contributed by atoms with Crippen molar-refractivity contribution in [2.24, 2.45) is 0 Å². The molecule has 0 unspecified atom stereocenters. The van der Waals surface area contributed by atoms with Crippen molar-refractivity contribution in [1.29, 1.82) is 0 Å². The molecule has 6 nitrogen and oxygen atoms in total. The van der Waals surface area contributed by atoms with Crippen molar-refractivity contribution in [3.8, 4) is 0 Å². The zero-order chi connectivity index (χ0) is 12.5. The van der Waals surface area contributed by atoms with Crippen LogP contribution in [0.25, 0.3) is 0 Å². The number of carbonyl (C=O) groups is 2. The van der Waals surface area contributed by atoms with E-state index in [0.29, 0.717) is 0 Å². The minimum Gasteiger partial charge on any atom is -0.478 e. The van der Waals surface area contributed by atoms with Crippen molar-refractivity contribution in [2.45, 2.75) is 0 Å². The molecule has 16 heavy (non-hydrogen) atoms. The van der Waals surface area contributed by atoms with Crippen LogP contribution in [0.4, 0.5) is 0 Å². The number of carboxylic acid groups (broad SMARTS) is 2. The topological polar surface area (TPSA) is 115 Å². The summed E-state index contributed by atoms with van der Waals surface area (Å²) in [6.07, 6.45) is 0. The lowest BCUT2D eigenvalue weighted by molar-refractivity contribution is 0.0651. The Morgan fingerprint density at radius 1 is 1.06 bits per heavy atom. The molecule has 0 radical (unpaired) electrons. The normalized spacial score (nSPS) is 9.94. The van der Waals surface area contributed by atoms with Gasteiger partial charge < -0.3 is 20.3 Å². The number of rotatable bonds is 3. The second kappa shape index (κ2) is 4.52. The third-order valence-electron chi connectivity index (χ3n) is 1.88. The molecule has 0 aliphatic carbocycles. The predicted octanol–water partition coefficient (Wildman–Crippen LogP) is -0.584. The van der Waals surface area contributed by atoms with Crippen molar-refractivity contribution in [3.63, 3.8) is 0 Å². The summed E-state index contributed by atoms with van der Waals surface area (Å²) < 4.78 is 0. The second-order valence-corrected chi connectivity index (χ2v) is 3.31. The van der Waals surface area contributed by atoms with Crippen LogP contribution in [-0.4, -0.2) is 39.3 Å². The van der Waals surface area contributed by atoms with Crippen LogP contribution in [-0.2, 0) is 0 Å². The van der Waals surface area contributed by atoms with E-state index in [-0.39, 0.29) is 10.5 Å². The number of hydrogen-bond acceptors (Lipinski definition) is 4. The zero-order valence-electron chi connectivity index (χ0n) is 7.72. The molecule has 8 heteroatoms. The summed E-state index contributed by atoms with van der Waals surface area (Å²) in [7, 11) is -1.96. The third kappa shape index (κ3) is 2.33. The lowest BCUT2D eigenvalue weighted by Gasteiger charge is -2.07. The van der Waals surface area contributed by atoms with Crippen LogP contribution < -0.4 is 5.46 Å². The van der Waals surface area contributed by atoms with Crippen LogP contribution in [0, 0.1) is 0 Å². The Morgan fingerprint density at radius 3 is 1.88 bits per heavy atom. The summed E-state index contributed by atoms with van der Waals surface area (Å²) in [5.74, 6) is -2.95. The lowest BCUT2D eigenvalue weighted by Crippen LogP contribution is -2.32. The highest BCUT2D eigenvalue weighted by Gasteiger charge is 2.23. The van der Waals surface area contributed by atoms with Gasteiger partial charge in [-0.1, -0.05) is 11.6 Å². The second-order valence-electron chi connectivity index (χ2n) is 2.90. The Kier molecular flexibility index (Phi) is 3.53. The van der Waals surface area contributed by atoms with E-state index in [4.69, 9.17) is 31.9 Å². The largest absolute Gasteiger partial charge is 0.489 e. The van der Waals surface area contributed by atoms with Crippen molar-refractivity contribution < 1.29 is 29.9 Å². The molecular formula is C8H6BClO6. The molecule has 0 spiro atoms. The fraction of sp³-hybridized carbons (Fsp3) is 0. The molecule has 0 amide bonds. The van der Waals surface area contributed by atoms with E-state index in [1.54, 1.807) is 0 Å². The van der Waals surface area contributed by atoms with Gasteiger partial charge >= 0.3 is 19.1 Å². The summed E-state index contributed by atoms with van der Waals surface area (Å²) >= 11 is 5.57. The van der Waals surface area contributed by atoms with E-state index in [0.717, 1.165) is 12.1 Å². The average molecular weight is 244 g/mol. The highest BCUT2D eigenvalue weighted by atomic mass is 35.5. The molecule has 0 saturated carbocycles. The van der Waals surface area contributed by atoms with Gasteiger partial charge in [0.2, 0.25) is 0 Å². The Morgan fingerprint density at radius 2 is 1.50 bits per heavy atom. The first-order chi connectivity index (χ1) is 7.34. The van der Waals surface area contributed by atoms with Crippen LogP contribution in [0.2, 0.25) is 5.02 Å². The van der Waals surface area contributed by atoms with Gasteiger partial charge in [0.05, 0.1) is 11.1 Å². The van der Waals surface area contributed by atoms with Gasteiger partial charge in [0.15, 0.2) is 0 Å². The maximum absolute atomic E-state index is 10.7. The maximum Gasteiger partial charge on any atom is 0.489 e. The third-order valence-corrected chi connectivity index (χ3v) is 2.20. The molecule has 0 aliphatic rings. The van der Waals surface area contributed by atoms with E-state index >= 15 is 0 Å². The van der Waals surface area contributed by atoms with Crippen molar-refractivity contribution >= 4 is 36.1 Å². The number of halogens is 1. The van der Waals surface area contributed by atoms with Crippen LogP contribution >= 0.6 is 11.6 Å². The van der Waals surface area contributed by atoms with Crippen LogP contribution in [0.5, 0.6) is 0 Å². The van der Waals surface area contributed by atoms with E-state index < -0.39 is 30.2 Å². The number of aromatic carboxylic acids is 2. The summed E-state index contributed by atoms with van der Waals surface area (Å²) in [5.41, 5.74) is -1.33. The Hall–Kier alpha value is -1.57. The quantitative estimate of drug-likeness (QED) is 0.529. The predicted molar refractivity (Wildman–Crippen MR) is 55.2 cm³/mol. The van der Waals surface area contributed by atoms with Gasteiger partial charge in [0.1, 0.15) is 0 Å². The van der Waals surface area contributed by atoms with Gasteiger partial charge in [0, 0.05) is 10.5 Å². The highest BCUT2D eigenvalue weighted by Crippen LogP contribution is 2.15. The standard InChI is InChI=1S/C8H6BClO6/c10-6-2-4(8(13)14)3(7(11)12)1-5(6)9(15)16/h1-2,15-16H,(H,11,12)(H,13,14). The van der Waals surface area contributed by atoms with Gasteiger partial charge in [-0.05, 0) is 12.1 Å². The highest BCUT2D eigenvalue weighted by molar-refractivity contribution is 6.63. The minimum absolute atomic E-state index is 0.225. The lowest BCUT2D eigenvalue weighted by atomic mass is 9.78. The molecule has 0 fully saturated rings. The summed E-state index contributed by atoms with van der Waals surface area (Å²) in [5, 5.41) is 35.0. The summed E-state index contributed by atoms with van der Waals surface area (Å²) in [4.78, 5) is 21.5. The molecule has 0 heterocycles. The minimum atomic E-state index is -1.96. The first-order valence-corrected chi connectivity index (χ1v) is 4.38. The molecule has 1 aromatic carbocycles. The molecular weight excluding hydrogens is 238 g/mol. The van der Waals surface area contributed by atoms with Gasteiger partial charge in [-0.15, -0.1) is 0 Å². The van der Waals surface area contributed by atoms with Crippen molar-refractivity contribution in [2.75, 3.05) is 0 Å². The van der Waals surface area contributed by atoms with Gasteiger partial charge in [0.25, 0.3) is 0 Å². The number of hydrogen-bond donors (Lipinski definition) is 4. The van der Waals surface area contributed by atoms with Crippen LogP contribution in [0.3, 0.4) is 0 Å². The SMILES string of the molecule is O=C(O)c1cc(Cl)c(B(O)O)cc1C(=O)O. The van der Waals surface area contributed by atoms with Crippen molar-refractivity contribution in [1.82, 2.24) is 0 Å². The zero-order valence-corrected chi connectivity index (χ0v) is 8.47. The van der Waals surface area contributed by atoms with E-state index in [2.05, 4.69) is 0 Å². The summed E-state index contributed by atoms with van der Waals surface area (Å²) in [6.45, 7) is 0. The fourth-order valence-electron chi connectivity index (χ4n) is 1.14. The molecule has 0 saturated heterocycles. The number of carboxylic acids is 2. The molecule has 4 N–H and O–H groups in total. The van der Waals surface area contributed by atoms with Crippen molar-refractivity contribution in [3.05, 3.63) is 28.3 Å². The Labute approximate surface area is 94.9 Å². The molecule has 0 bridgehead atoms. The van der Waals surface area contributed by atoms with Gasteiger partial charge in [-0.2, -0.15) is 0 Å². The van der Waals surface area contributed by atoms with Crippen LogP contribution in [0.1, 0.15) is 20.7 Å². The molecule has 1 aromatic rings. The first kappa shape index (κ1) is 12.5. The van der Waals surface area contributed by atoms with E-state index in [1.807, 2.05) is 0 Å². The molecule has 0 aliphatic heterocycles. The smallest absolute Gasteiger partial charge is 0.478 e. The molecule has 0 atom stereocenters. The Bertz CT molecular complexity index is 458. The first-order valence-electron chi connectivity index (χ1n) is 4.00. The van der Waals surface area contributed by atoms with E-state index in [1.165, 1.54) is 0 Å². The van der Waals surface area contributed by atoms with Gasteiger partial charge in [-0.25, -0.2) is 9.59 Å². The fourth-order valence-corrected chi connectivity index (χ4v) is 1.40. The average Bonchev–Trinajstić information content (AvgIpc) is 2.15. The molecule has 1 rings (SSSR count). The molecule has 0 aromatic heterocycles. The Balaban J connectivity index is 3.49. The monoisotopic (exact) mass is 244 g/mol. The van der Waals surface area contributed by atoms with Crippen LogP contribution in [0.15, 0.2) is 12.1 Å². The maximum atomic E-state index is 10.7. The van der Waals surface area contributed by atoms with Gasteiger partial charge in [-0.3, -0.25) is 0 Å².